The molecule has 5 nitrogen and oxygen atoms in total. The molecule has 0 saturated carbocycles. The molecule has 1 N–H and O–H groups in total. The van der Waals surface area contributed by atoms with Gasteiger partial charge in [0.15, 0.2) is 0 Å². The van der Waals surface area contributed by atoms with Crippen LogP contribution in [0.1, 0.15) is 29.8 Å². The van der Waals surface area contributed by atoms with Crippen molar-refractivity contribution in [1.82, 2.24) is 4.90 Å². The van der Waals surface area contributed by atoms with Crippen LogP contribution in [0.4, 0.5) is 0 Å². The first-order chi connectivity index (χ1) is 9.97. The minimum absolute atomic E-state index is 0.0561. The van der Waals surface area contributed by atoms with Crippen LogP contribution in [-0.2, 0) is 4.74 Å². The van der Waals surface area contributed by atoms with Crippen molar-refractivity contribution in [2.24, 2.45) is 0 Å². The van der Waals surface area contributed by atoms with Gasteiger partial charge in [0.2, 0.25) is 0 Å². The molecular formula is C16H23NO4. The summed E-state index contributed by atoms with van der Waals surface area (Å²) in [6, 6.07) is 5.54. The van der Waals surface area contributed by atoms with Crippen molar-refractivity contribution in [2.45, 2.75) is 32.9 Å². The molecule has 0 spiro atoms. The molecule has 0 aliphatic carbocycles. The molecule has 1 saturated heterocycles. The van der Waals surface area contributed by atoms with E-state index in [1.807, 2.05) is 0 Å². The van der Waals surface area contributed by atoms with Crippen LogP contribution < -0.4 is 4.74 Å². The Hall–Kier alpha value is -1.59. The zero-order valence-corrected chi connectivity index (χ0v) is 12.8. The molecule has 1 atom stereocenters. The standard InChI is InChI=1S/C16H23NO4/c1-11(2)17-6-7-20-14(9-17)10-21-13-4-5-15(16(18)19)12(3)8-13/h4-5,8,11,14H,6-7,9-10H2,1-3H3,(H,18,19). The van der Waals surface area contributed by atoms with Crippen LogP contribution in [0, 0.1) is 6.92 Å². The Morgan fingerprint density at radius 2 is 2.29 bits per heavy atom. The summed E-state index contributed by atoms with van der Waals surface area (Å²) in [6.07, 6.45) is 0.0561. The van der Waals surface area contributed by atoms with Crippen LogP contribution in [0.3, 0.4) is 0 Å². The molecule has 1 aliphatic rings. The van der Waals surface area contributed by atoms with Crippen LogP contribution in [0.25, 0.3) is 0 Å². The van der Waals surface area contributed by atoms with Crippen LogP contribution >= 0.6 is 0 Å². The van der Waals surface area contributed by atoms with Crippen LogP contribution in [0.5, 0.6) is 5.75 Å². The molecule has 1 aromatic carbocycles. The molecule has 1 aliphatic heterocycles. The van der Waals surface area contributed by atoms with E-state index in [9.17, 15) is 4.79 Å². The lowest BCUT2D eigenvalue weighted by Gasteiger charge is -2.35. The number of nitrogens with zero attached hydrogens (tertiary/aromatic N) is 1. The first-order valence-corrected chi connectivity index (χ1v) is 7.29. The molecule has 0 amide bonds. The second kappa shape index (κ2) is 6.91. The maximum absolute atomic E-state index is 11.0. The Labute approximate surface area is 125 Å². The monoisotopic (exact) mass is 293 g/mol. The van der Waals surface area contributed by atoms with Gasteiger partial charge in [-0.2, -0.15) is 0 Å². The van der Waals surface area contributed by atoms with E-state index in [4.69, 9.17) is 14.6 Å². The average Bonchev–Trinajstić information content (AvgIpc) is 2.45. The first-order valence-electron chi connectivity index (χ1n) is 7.29. The highest BCUT2D eigenvalue weighted by Gasteiger charge is 2.22. The molecular weight excluding hydrogens is 270 g/mol. The molecule has 116 valence electrons. The third-order valence-electron chi connectivity index (χ3n) is 3.76. The number of ether oxygens (including phenoxy) is 2. The topological polar surface area (TPSA) is 59.0 Å². The molecule has 1 fully saturated rings. The largest absolute Gasteiger partial charge is 0.491 e. The van der Waals surface area contributed by atoms with Crippen molar-refractivity contribution in [3.8, 4) is 5.75 Å². The molecule has 2 rings (SSSR count). The van der Waals surface area contributed by atoms with E-state index in [0.29, 0.717) is 29.5 Å². The Morgan fingerprint density at radius 3 is 2.90 bits per heavy atom. The number of rotatable bonds is 5. The predicted octanol–water partition coefficient (Wildman–Crippen LogP) is 2.18. The van der Waals surface area contributed by atoms with Crippen molar-refractivity contribution in [1.29, 1.82) is 0 Å². The zero-order valence-electron chi connectivity index (χ0n) is 12.8. The number of carboxylic acid groups (broad SMARTS) is 1. The minimum Gasteiger partial charge on any atom is -0.491 e. The molecule has 5 heteroatoms. The summed E-state index contributed by atoms with van der Waals surface area (Å²) in [5.74, 6) is -0.231. The maximum Gasteiger partial charge on any atom is 0.335 e. The third kappa shape index (κ3) is 4.19. The lowest BCUT2D eigenvalue weighted by Crippen LogP contribution is -2.47. The van der Waals surface area contributed by atoms with Gasteiger partial charge in [0, 0.05) is 19.1 Å². The van der Waals surface area contributed by atoms with Crippen LogP contribution in [-0.4, -0.2) is 54.4 Å². The van der Waals surface area contributed by atoms with E-state index in [0.717, 1.165) is 19.7 Å². The second-order valence-electron chi connectivity index (χ2n) is 5.67. The molecule has 21 heavy (non-hydrogen) atoms. The number of aromatic carboxylic acids is 1. The van der Waals surface area contributed by atoms with E-state index >= 15 is 0 Å². The Kier molecular flexibility index (Phi) is 5.20. The molecule has 1 unspecified atom stereocenters. The normalized spacial score (nSPS) is 19.7. The summed E-state index contributed by atoms with van der Waals surface area (Å²) in [7, 11) is 0. The van der Waals surface area contributed by atoms with Gasteiger partial charge in [0.1, 0.15) is 18.5 Å². The van der Waals surface area contributed by atoms with Crippen LogP contribution in [0.15, 0.2) is 18.2 Å². The number of carbonyl (C=O) groups is 1. The summed E-state index contributed by atoms with van der Waals surface area (Å²) >= 11 is 0. The van der Waals surface area contributed by atoms with Gasteiger partial charge < -0.3 is 14.6 Å². The molecule has 0 bridgehead atoms. The first kappa shape index (κ1) is 15.8. The fourth-order valence-electron chi connectivity index (χ4n) is 2.47. The van der Waals surface area contributed by atoms with E-state index in [1.54, 1.807) is 25.1 Å². The Bertz CT molecular complexity index is 501. The quantitative estimate of drug-likeness (QED) is 0.901. The van der Waals surface area contributed by atoms with Crippen molar-refractivity contribution < 1.29 is 19.4 Å². The van der Waals surface area contributed by atoms with Gasteiger partial charge in [-0.15, -0.1) is 0 Å². The number of morpholine rings is 1. The van der Waals surface area contributed by atoms with Crippen molar-refractivity contribution in [3.63, 3.8) is 0 Å². The van der Waals surface area contributed by atoms with Gasteiger partial charge in [-0.05, 0) is 44.5 Å². The smallest absolute Gasteiger partial charge is 0.335 e. The van der Waals surface area contributed by atoms with Gasteiger partial charge >= 0.3 is 5.97 Å². The number of benzene rings is 1. The SMILES string of the molecule is Cc1cc(OCC2CN(C(C)C)CCO2)ccc1C(=O)O. The average molecular weight is 293 g/mol. The number of hydrogen-bond acceptors (Lipinski definition) is 4. The second-order valence-corrected chi connectivity index (χ2v) is 5.67. The highest BCUT2D eigenvalue weighted by molar-refractivity contribution is 5.89. The molecule has 1 heterocycles. The van der Waals surface area contributed by atoms with Crippen LogP contribution in [0.2, 0.25) is 0 Å². The Morgan fingerprint density at radius 1 is 1.52 bits per heavy atom. The highest BCUT2D eigenvalue weighted by Crippen LogP contribution is 2.18. The summed E-state index contributed by atoms with van der Waals surface area (Å²) in [5.41, 5.74) is 1.01. The maximum atomic E-state index is 11.0. The molecule has 0 aromatic heterocycles. The third-order valence-corrected chi connectivity index (χ3v) is 3.76. The van der Waals surface area contributed by atoms with Crippen molar-refractivity contribution in [2.75, 3.05) is 26.3 Å². The fourth-order valence-corrected chi connectivity index (χ4v) is 2.47. The summed E-state index contributed by atoms with van der Waals surface area (Å²) < 4.78 is 11.5. The van der Waals surface area contributed by atoms with Gasteiger partial charge in [-0.25, -0.2) is 4.79 Å². The number of aryl methyl sites for hydroxylation is 1. The van der Waals surface area contributed by atoms with E-state index < -0.39 is 5.97 Å². The van der Waals surface area contributed by atoms with Gasteiger partial charge in [0.25, 0.3) is 0 Å². The molecule has 1 aromatic rings. The lowest BCUT2D eigenvalue weighted by atomic mass is 10.1. The van der Waals surface area contributed by atoms with Crippen molar-refractivity contribution >= 4 is 5.97 Å². The summed E-state index contributed by atoms with van der Waals surface area (Å²) in [6.45, 7) is 9.16. The van der Waals surface area contributed by atoms with E-state index in [2.05, 4.69) is 18.7 Å². The molecule has 0 radical (unpaired) electrons. The zero-order chi connectivity index (χ0) is 15.4. The lowest BCUT2D eigenvalue weighted by molar-refractivity contribution is -0.0564. The highest BCUT2D eigenvalue weighted by atomic mass is 16.5. The fraction of sp³-hybridized carbons (Fsp3) is 0.562. The predicted molar refractivity (Wildman–Crippen MR) is 80.1 cm³/mol. The number of hydrogen-bond donors (Lipinski definition) is 1. The van der Waals surface area contributed by atoms with Gasteiger partial charge in [-0.1, -0.05) is 0 Å². The summed E-state index contributed by atoms with van der Waals surface area (Å²) in [5, 5.41) is 9.01. The van der Waals surface area contributed by atoms with Gasteiger partial charge in [0.05, 0.1) is 12.2 Å². The van der Waals surface area contributed by atoms with E-state index in [-0.39, 0.29) is 6.10 Å². The van der Waals surface area contributed by atoms with Gasteiger partial charge in [-0.3, -0.25) is 4.90 Å². The Balaban J connectivity index is 1.91. The minimum atomic E-state index is -0.915. The number of carboxylic acids is 1. The summed E-state index contributed by atoms with van der Waals surface area (Å²) in [4.78, 5) is 13.3. The van der Waals surface area contributed by atoms with E-state index in [1.165, 1.54) is 0 Å². The van der Waals surface area contributed by atoms with Crippen molar-refractivity contribution in [3.05, 3.63) is 29.3 Å².